The van der Waals surface area contributed by atoms with Crippen LogP contribution in [-0.4, -0.2) is 38.2 Å². The molecule has 6 aromatic rings. The molecule has 354 valence electrons. The van der Waals surface area contributed by atoms with Crippen molar-refractivity contribution >= 4 is 41.9 Å². The first-order valence-corrected chi connectivity index (χ1v) is 24.3. The van der Waals surface area contributed by atoms with Crippen LogP contribution in [0.5, 0.6) is 23.0 Å². The Morgan fingerprint density at radius 1 is 0.536 bits per heavy atom. The minimum Gasteiger partial charge on any atom is -0.494 e. The van der Waals surface area contributed by atoms with Crippen molar-refractivity contribution in [2.45, 2.75) is 96.3 Å². The van der Waals surface area contributed by atoms with Crippen LogP contribution < -0.4 is 19.1 Å². The second-order valence-corrected chi connectivity index (χ2v) is 19.4. The monoisotopic (exact) mass is 920 g/mol. The number of hydrogen-bond donors (Lipinski definition) is 0. The van der Waals surface area contributed by atoms with E-state index >= 15 is 0 Å². The molecule has 0 N–H and O–H groups in total. The van der Waals surface area contributed by atoms with E-state index in [0.717, 1.165) is 96.9 Å². The number of nitrogens with zero attached hydrogens (tertiary/aromatic N) is 2. The van der Waals surface area contributed by atoms with Gasteiger partial charge in [0.05, 0.1) is 24.6 Å². The molecule has 0 aromatic heterocycles. The summed E-state index contributed by atoms with van der Waals surface area (Å²) in [5, 5.41) is 0. The molecule has 0 saturated carbocycles. The Morgan fingerprint density at radius 2 is 0.986 bits per heavy atom. The highest BCUT2D eigenvalue weighted by molar-refractivity contribution is 5.89. The number of unbranched alkanes of at least 4 members (excludes halogenated alkanes) is 2. The number of benzene rings is 6. The first kappa shape index (κ1) is 48.4. The van der Waals surface area contributed by atoms with E-state index in [1.165, 1.54) is 28.3 Å². The number of aliphatic imine (C=N–C) groups is 2. The Morgan fingerprint density at radius 3 is 1.49 bits per heavy atom. The Balaban J connectivity index is 0.870. The molecule has 2 aliphatic carbocycles. The van der Waals surface area contributed by atoms with Crippen LogP contribution in [0.25, 0.3) is 12.2 Å². The number of fused-ring (bicyclic) bond motifs is 4. The molecule has 8 nitrogen and oxygen atoms in total. The van der Waals surface area contributed by atoms with Crippen LogP contribution >= 0.6 is 0 Å². The van der Waals surface area contributed by atoms with Crippen molar-refractivity contribution in [2.75, 3.05) is 19.8 Å². The maximum atomic E-state index is 13.3. The van der Waals surface area contributed by atoms with Gasteiger partial charge in [0, 0.05) is 23.9 Å². The lowest BCUT2D eigenvalue weighted by Gasteiger charge is -2.30. The van der Waals surface area contributed by atoms with Crippen molar-refractivity contribution in [3.05, 3.63) is 190 Å². The molecule has 1 atom stereocenters. The minimum absolute atomic E-state index is 0.0878. The van der Waals surface area contributed by atoms with Crippen LogP contribution in [0.15, 0.2) is 156 Å². The Bertz CT molecular complexity index is 2800. The summed E-state index contributed by atoms with van der Waals surface area (Å²) in [6.07, 6.45) is 17.0. The SMILES string of the molecule is CCCCOc1ccc(C=Nc2ccc(C=CCOOc3ccc4c(c3)C3(CC4(C)C)CC(C)(C)c4ccc(OC(=O)C=Cc5ccc(N=Cc6ccc(OCCCC)cc6)cc5)cc43)cc2)cc1. The summed E-state index contributed by atoms with van der Waals surface area (Å²) in [5.74, 6) is 2.48. The van der Waals surface area contributed by atoms with Crippen LogP contribution in [0.2, 0.25) is 0 Å². The summed E-state index contributed by atoms with van der Waals surface area (Å²) < 4.78 is 17.5. The highest BCUT2D eigenvalue weighted by Gasteiger charge is 2.56. The fraction of sp³-hybridized carbons (Fsp3) is 0.295. The second kappa shape index (κ2) is 21.9. The third-order valence-corrected chi connectivity index (χ3v) is 13.0. The lowest BCUT2D eigenvalue weighted by Crippen LogP contribution is -2.27. The first-order valence-electron chi connectivity index (χ1n) is 24.3. The van der Waals surface area contributed by atoms with E-state index in [9.17, 15) is 4.79 Å². The van der Waals surface area contributed by atoms with Gasteiger partial charge in [-0.15, -0.1) is 0 Å². The van der Waals surface area contributed by atoms with Crippen LogP contribution in [0, 0.1) is 0 Å². The topological polar surface area (TPSA) is 87.9 Å². The minimum atomic E-state index is -0.438. The van der Waals surface area contributed by atoms with Crippen LogP contribution in [0.4, 0.5) is 11.4 Å². The molecular formula is C61H64N2O6. The smallest absolute Gasteiger partial charge is 0.336 e. The van der Waals surface area contributed by atoms with Gasteiger partial charge in [-0.3, -0.25) is 9.98 Å². The zero-order valence-electron chi connectivity index (χ0n) is 40.9. The lowest BCUT2D eigenvalue weighted by molar-refractivity contribution is -0.195. The zero-order chi connectivity index (χ0) is 48.3. The van der Waals surface area contributed by atoms with E-state index in [4.69, 9.17) is 24.0 Å². The third kappa shape index (κ3) is 12.2. The lowest BCUT2D eigenvalue weighted by atomic mass is 9.72. The molecule has 1 spiro atoms. The molecule has 0 saturated heterocycles. The third-order valence-electron chi connectivity index (χ3n) is 13.0. The van der Waals surface area contributed by atoms with Gasteiger partial charge in [-0.1, -0.05) is 103 Å². The molecule has 2 aliphatic rings. The van der Waals surface area contributed by atoms with Crippen LogP contribution in [-0.2, 0) is 25.9 Å². The average molecular weight is 921 g/mol. The molecule has 69 heavy (non-hydrogen) atoms. The number of rotatable bonds is 20. The van der Waals surface area contributed by atoms with E-state index < -0.39 is 5.97 Å². The number of hydrogen-bond acceptors (Lipinski definition) is 8. The van der Waals surface area contributed by atoms with E-state index in [1.807, 2.05) is 134 Å². The number of carbonyl (C=O) groups is 1. The van der Waals surface area contributed by atoms with Crippen molar-refractivity contribution in [1.82, 2.24) is 0 Å². The van der Waals surface area contributed by atoms with Gasteiger partial charge >= 0.3 is 5.97 Å². The molecule has 0 fully saturated rings. The summed E-state index contributed by atoms with van der Waals surface area (Å²) in [5.41, 5.74) is 10.1. The molecule has 6 aromatic carbocycles. The maximum Gasteiger partial charge on any atom is 0.336 e. The van der Waals surface area contributed by atoms with Gasteiger partial charge in [-0.05, 0) is 184 Å². The highest BCUT2D eigenvalue weighted by Crippen LogP contribution is 2.63. The number of ether oxygens (including phenoxy) is 3. The summed E-state index contributed by atoms with van der Waals surface area (Å²) in [6, 6.07) is 44.2. The van der Waals surface area contributed by atoms with Crippen molar-refractivity contribution in [3.63, 3.8) is 0 Å². The molecule has 0 radical (unpaired) electrons. The van der Waals surface area contributed by atoms with Crippen LogP contribution in [0.3, 0.4) is 0 Å². The van der Waals surface area contributed by atoms with Crippen molar-refractivity contribution in [2.24, 2.45) is 9.98 Å². The van der Waals surface area contributed by atoms with Crippen molar-refractivity contribution in [3.8, 4) is 23.0 Å². The standard InChI is InChI=1S/C61H64N2O6/c1-7-9-35-65-50-26-17-46(18-27-50)40-62-48-22-13-44(14-23-48)12-11-37-67-69-53-31-33-55-57(39-53)61(43-60(55,5)6)42-59(3,4)54-32-30-52(38-56(54)61)68-58(64)34-21-45-15-24-49(25-16-45)63-41-47-19-28-51(29-20-47)66-36-10-8-2/h11-34,38-41H,7-10,35-37,42-43H2,1-6H3. The summed E-state index contributed by atoms with van der Waals surface area (Å²) >= 11 is 0. The Kier molecular flexibility index (Phi) is 15.4. The largest absolute Gasteiger partial charge is 0.494 e. The molecule has 1 unspecified atom stereocenters. The van der Waals surface area contributed by atoms with Crippen molar-refractivity contribution in [1.29, 1.82) is 0 Å². The van der Waals surface area contributed by atoms with Gasteiger partial charge in [-0.25, -0.2) is 4.79 Å². The normalized spacial score (nSPS) is 16.7. The molecule has 0 amide bonds. The number of esters is 1. The van der Waals surface area contributed by atoms with Crippen molar-refractivity contribution < 1.29 is 28.8 Å². The van der Waals surface area contributed by atoms with E-state index in [0.29, 0.717) is 11.5 Å². The molecule has 8 rings (SSSR count). The van der Waals surface area contributed by atoms with Crippen LogP contribution in [0.1, 0.15) is 125 Å². The van der Waals surface area contributed by atoms with Gasteiger partial charge in [0.1, 0.15) is 23.9 Å². The predicted molar refractivity (Wildman–Crippen MR) is 280 cm³/mol. The molecule has 0 bridgehead atoms. The first-order chi connectivity index (χ1) is 33.4. The highest BCUT2D eigenvalue weighted by atomic mass is 17.2. The predicted octanol–water partition coefficient (Wildman–Crippen LogP) is 14.8. The van der Waals surface area contributed by atoms with E-state index in [2.05, 4.69) is 75.8 Å². The Hall–Kier alpha value is -7.03. The second-order valence-electron chi connectivity index (χ2n) is 19.4. The molecular weight excluding hydrogens is 857 g/mol. The van der Waals surface area contributed by atoms with E-state index in [1.54, 1.807) is 6.08 Å². The summed E-state index contributed by atoms with van der Waals surface area (Å²) in [7, 11) is 0. The maximum absolute atomic E-state index is 13.3. The average Bonchev–Trinajstić information content (AvgIpc) is 3.72. The summed E-state index contributed by atoms with van der Waals surface area (Å²) in [6.45, 7) is 15.3. The molecule has 8 heteroatoms. The fourth-order valence-electron chi connectivity index (χ4n) is 9.67. The van der Waals surface area contributed by atoms with E-state index in [-0.39, 0.29) is 22.9 Å². The molecule has 0 aliphatic heterocycles. The Labute approximate surface area is 408 Å². The van der Waals surface area contributed by atoms with Gasteiger partial charge < -0.3 is 19.1 Å². The molecule has 0 heterocycles. The van der Waals surface area contributed by atoms with Gasteiger partial charge in [0.15, 0.2) is 5.75 Å². The zero-order valence-corrected chi connectivity index (χ0v) is 40.9. The fourth-order valence-corrected chi connectivity index (χ4v) is 9.67. The summed E-state index contributed by atoms with van der Waals surface area (Å²) in [4.78, 5) is 34.2. The van der Waals surface area contributed by atoms with Gasteiger partial charge in [-0.2, -0.15) is 4.89 Å². The van der Waals surface area contributed by atoms with Gasteiger partial charge in [0.25, 0.3) is 0 Å². The quantitative estimate of drug-likeness (QED) is 0.0144. The number of carbonyl (C=O) groups excluding carboxylic acids is 1. The van der Waals surface area contributed by atoms with Gasteiger partial charge in [0.2, 0.25) is 0 Å².